The number of likely N-dealkylation sites (N-methyl/N-ethyl adjacent to an activating group) is 1. The van der Waals surface area contributed by atoms with Crippen molar-refractivity contribution in [3.8, 4) is 0 Å². The SMILES string of the molecule is CN(C)C1CCN(c2cccc(CCC[O])c2)C1. The largest absolute Gasteiger partial charge is 0.370 e. The first-order valence-electron chi connectivity index (χ1n) is 6.79. The lowest BCUT2D eigenvalue weighted by atomic mass is 10.1. The smallest absolute Gasteiger partial charge is 0.0825 e. The molecular formula is C15H23N2O. The van der Waals surface area contributed by atoms with Gasteiger partial charge in [-0.2, -0.15) is 0 Å². The van der Waals surface area contributed by atoms with Gasteiger partial charge in [0.05, 0.1) is 6.61 Å². The predicted octanol–water partition coefficient (Wildman–Crippen LogP) is 2.19. The summed E-state index contributed by atoms with van der Waals surface area (Å²) in [6.07, 6.45) is 2.88. The van der Waals surface area contributed by atoms with Gasteiger partial charge in [0, 0.05) is 24.8 Å². The molecule has 0 bridgehead atoms. The molecule has 1 aliphatic heterocycles. The standard InChI is InChI=1S/C15H23N2O/c1-16(2)15-8-9-17(12-15)14-7-3-5-13(11-14)6-4-10-18/h3,5,7,11,15H,4,6,8-10,12H2,1-2H3. The average molecular weight is 247 g/mol. The van der Waals surface area contributed by atoms with Gasteiger partial charge in [0.15, 0.2) is 0 Å². The third-order valence-corrected chi connectivity index (χ3v) is 3.78. The van der Waals surface area contributed by atoms with Crippen LogP contribution in [0, 0.1) is 0 Å². The Labute approximate surface area is 110 Å². The molecule has 0 aromatic heterocycles. The van der Waals surface area contributed by atoms with Crippen LogP contribution in [0.15, 0.2) is 24.3 Å². The highest BCUT2D eigenvalue weighted by molar-refractivity contribution is 5.49. The second-order valence-electron chi connectivity index (χ2n) is 5.33. The van der Waals surface area contributed by atoms with Gasteiger partial charge in [-0.25, -0.2) is 5.11 Å². The molecule has 1 radical (unpaired) electrons. The van der Waals surface area contributed by atoms with E-state index in [2.05, 4.69) is 48.2 Å². The molecule has 1 aromatic rings. The Morgan fingerprint density at radius 2 is 2.22 bits per heavy atom. The summed E-state index contributed by atoms with van der Waals surface area (Å²) in [7, 11) is 4.30. The van der Waals surface area contributed by atoms with Gasteiger partial charge in [-0.15, -0.1) is 0 Å². The quantitative estimate of drug-likeness (QED) is 0.797. The molecule has 1 heterocycles. The minimum atomic E-state index is 0.0244. The van der Waals surface area contributed by atoms with E-state index >= 15 is 0 Å². The van der Waals surface area contributed by atoms with Gasteiger partial charge in [-0.05, 0) is 51.1 Å². The Balaban J connectivity index is 2.01. The lowest BCUT2D eigenvalue weighted by Gasteiger charge is -2.22. The minimum absolute atomic E-state index is 0.0244. The summed E-state index contributed by atoms with van der Waals surface area (Å²) >= 11 is 0. The molecule has 3 heteroatoms. The highest BCUT2D eigenvalue weighted by Gasteiger charge is 2.23. The normalized spacial score (nSPS) is 19.8. The molecule has 1 fully saturated rings. The van der Waals surface area contributed by atoms with E-state index in [4.69, 9.17) is 0 Å². The second kappa shape index (κ2) is 6.21. The summed E-state index contributed by atoms with van der Waals surface area (Å²) < 4.78 is 0. The van der Waals surface area contributed by atoms with Gasteiger partial charge in [-0.1, -0.05) is 12.1 Å². The third-order valence-electron chi connectivity index (χ3n) is 3.78. The van der Waals surface area contributed by atoms with E-state index in [9.17, 15) is 5.11 Å². The fourth-order valence-corrected chi connectivity index (χ4v) is 2.58. The van der Waals surface area contributed by atoms with E-state index < -0.39 is 0 Å². The monoisotopic (exact) mass is 247 g/mol. The van der Waals surface area contributed by atoms with Crippen LogP contribution in [-0.2, 0) is 11.5 Å². The van der Waals surface area contributed by atoms with E-state index in [0.29, 0.717) is 6.04 Å². The van der Waals surface area contributed by atoms with Crippen LogP contribution >= 0.6 is 0 Å². The first-order chi connectivity index (χ1) is 8.70. The number of hydrogen-bond donors (Lipinski definition) is 0. The highest BCUT2D eigenvalue weighted by atomic mass is 16.2. The fraction of sp³-hybridized carbons (Fsp3) is 0.600. The van der Waals surface area contributed by atoms with Gasteiger partial charge in [-0.3, -0.25) is 0 Å². The molecule has 1 aromatic carbocycles. The van der Waals surface area contributed by atoms with Crippen molar-refractivity contribution < 1.29 is 5.11 Å². The van der Waals surface area contributed by atoms with E-state index in [0.717, 1.165) is 25.9 Å². The van der Waals surface area contributed by atoms with Crippen molar-refractivity contribution in [1.29, 1.82) is 0 Å². The second-order valence-corrected chi connectivity index (χ2v) is 5.33. The molecule has 3 nitrogen and oxygen atoms in total. The van der Waals surface area contributed by atoms with Crippen molar-refractivity contribution in [2.24, 2.45) is 0 Å². The molecule has 2 rings (SSSR count). The number of aryl methyl sites for hydroxylation is 1. The summed E-state index contributed by atoms with van der Waals surface area (Å²) in [4.78, 5) is 4.76. The number of rotatable bonds is 5. The molecule has 0 saturated carbocycles. The highest BCUT2D eigenvalue weighted by Crippen LogP contribution is 2.23. The van der Waals surface area contributed by atoms with Crippen LogP contribution in [0.4, 0.5) is 5.69 Å². The van der Waals surface area contributed by atoms with Crippen molar-refractivity contribution >= 4 is 5.69 Å². The van der Waals surface area contributed by atoms with E-state index in [-0.39, 0.29) is 6.61 Å². The van der Waals surface area contributed by atoms with E-state index in [1.165, 1.54) is 17.7 Å². The zero-order valence-electron chi connectivity index (χ0n) is 11.4. The predicted molar refractivity (Wildman–Crippen MR) is 74.6 cm³/mol. The number of nitrogens with zero attached hydrogens (tertiary/aromatic N) is 2. The number of benzene rings is 1. The molecule has 18 heavy (non-hydrogen) atoms. The van der Waals surface area contributed by atoms with Crippen LogP contribution in [0.2, 0.25) is 0 Å². The Hall–Kier alpha value is -1.06. The number of hydrogen-bond acceptors (Lipinski definition) is 2. The first kappa shape index (κ1) is 13.4. The zero-order chi connectivity index (χ0) is 13.0. The molecule has 0 N–H and O–H groups in total. The molecule has 0 aliphatic carbocycles. The van der Waals surface area contributed by atoms with Gasteiger partial charge < -0.3 is 9.80 Å². The summed E-state index contributed by atoms with van der Waals surface area (Å²) in [6.45, 7) is 2.27. The van der Waals surface area contributed by atoms with Crippen molar-refractivity contribution in [2.75, 3.05) is 38.7 Å². The van der Waals surface area contributed by atoms with E-state index in [1.54, 1.807) is 0 Å². The lowest BCUT2D eigenvalue weighted by Crippen LogP contribution is -2.31. The van der Waals surface area contributed by atoms with Crippen LogP contribution < -0.4 is 4.90 Å². The van der Waals surface area contributed by atoms with Crippen molar-refractivity contribution in [3.63, 3.8) is 0 Å². The Kier molecular flexibility index (Phi) is 4.61. The molecular weight excluding hydrogens is 224 g/mol. The number of anilines is 1. The summed E-state index contributed by atoms with van der Waals surface area (Å²) in [5.41, 5.74) is 2.60. The fourth-order valence-electron chi connectivity index (χ4n) is 2.58. The molecule has 1 aliphatic rings. The maximum absolute atomic E-state index is 10.5. The summed E-state index contributed by atoms with van der Waals surface area (Å²) in [6, 6.07) is 9.32. The van der Waals surface area contributed by atoms with E-state index in [1.807, 2.05) is 0 Å². The Morgan fingerprint density at radius 3 is 2.89 bits per heavy atom. The molecule has 1 unspecified atom stereocenters. The van der Waals surface area contributed by atoms with Crippen LogP contribution in [0.25, 0.3) is 0 Å². The minimum Gasteiger partial charge on any atom is -0.370 e. The third kappa shape index (κ3) is 3.24. The molecule has 1 saturated heterocycles. The molecule has 0 amide bonds. The zero-order valence-corrected chi connectivity index (χ0v) is 11.4. The van der Waals surface area contributed by atoms with Crippen LogP contribution in [0.3, 0.4) is 0 Å². The summed E-state index contributed by atoms with van der Waals surface area (Å²) in [5.74, 6) is 0. The van der Waals surface area contributed by atoms with Crippen molar-refractivity contribution in [3.05, 3.63) is 29.8 Å². The van der Waals surface area contributed by atoms with Crippen molar-refractivity contribution in [2.45, 2.75) is 25.3 Å². The molecule has 1 atom stereocenters. The van der Waals surface area contributed by atoms with Crippen LogP contribution in [-0.4, -0.2) is 44.7 Å². The average Bonchev–Trinajstić information content (AvgIpc) is 2.86. The van der Waals surface area contributed by atoms with Gasteiger partial charge >= 0.3 is 0 Å². The first-order valence-corrected chi connectivity index (χ1v) is 6.79. The lowest BCUT2D eigenvalue weighted by molar-refractivity contribution is 0.189. The maximum Gasteiger partial charge on any atom is 0.0825 e. The maximum atomic E-state index is 10.5. The van der Waals surface area contributed by atoms with Gasteiger partial charge in [0.2, 0.25) is 0 Å². The van der Waals surface area contributed by atoms with Crippen molar-refractivity contribution in [1.82, 2.24) is 4.90 Å². The topological polar surface area (TPSA) is 26.4 Å². The molecule has 99 valence electrons. The van der Waals surface area contributed by atoms with Crippen LogP contribution in [0.5, 0.6) is 0 Å². The van der Waals surface area contributed by atoms with Gasteiger partial charge in [0.25, 0.3) is 0 Å². The Bertz CT molecular complexity index is 379. The van der Waals surface area contributed by atoms with Crippen LogP contribution in [0.1, 0.15) is 18.4 Å². The molecule has 0 spiro atoms. The van der Waals surface area contributed by atoms with Gasteiger partial charge in [0.1, 0.15) is 0 Å². The summed E-state index contributed by atoms with van der Waals surface area (Å²) in [5, 5.41) is 10.5. The Morgan fingerprint density at radius 1 is 1.39 bits per heavy atom.